The Hall–Kier alpha value is -2.60. The van der Waals surface area contributed by atoms with Crippen LogP contribution in [0, 0.1) is 13.8 Å². The van der Waals surface area contributed by atoms with E-state index in [4.69, 9.17) is 4.42 Å². The third kappa shape index (κ3) is 2.51. The van der Waals surface area contributed by atoms with E-state index < -0.39 is 0 Å². The summed E-state index contributed by atoms with van der Waals surface area (Å²) in [6, 6.07) is 15.9. The van der Waals surface area contributed by atoms with Gasteiger partial charge in [-0.15, -0.1) is 10.2 Å². The van der Waals surface area contributed by atoms with E-state index in [1.54, 1.807) is 0 Å². The number of aryl methyl sites for hydroxylation is 2. The fourth-order valence-electron chi connectivity index (χ4n) is 2.47. The van der Waals surface area contributed by atoms with E-state index in [1.807, 2.05) is 47.9 Å². The topological polar surface area (TPSA) is 56.7 Å². The smallest absolute Gasteiger partial charge is 0.264 e. The van der Waals surface area contributed by atoms with Gasteiger partial charge in [0.2, 0.25) is 5.16 Å². The molecule has 0 spiro atoms. The molecule has 0 saturated carbocycles. The normalized spacial score (nSPS) is 11.2. The van der Waals surface area contributed by atoms with Gasteiger partial charge in [-0.2, -0.15) is 0 Å². The second kappa shape index (κ2) is 5.55. The molecule has 0 aliphatic rings. The Kier molecular flexibility index (Phi) is 3.38. The monoisotopic (exact) mass is 322 g/mol. The molecule has 0 saturated heterocycles. The molecule has 114 valence electrons. The first-order chi connectivity index (χ1) is 11.2. The number of oxazole rings is 1. The van der Waals surface area contributed by atoms with Crippen LogP contribution >= 0.6 is 11.8 Å². The van der Waals surface area contributed by atoms with Crippen LogP contribution in [0.5, 0.6) is 0 Å². The highest BCUT2D eigenvalue weighted by molar-refractivity contribution is 7.99. The molecule has 5 nitrogen and oxygen atoms in total. The van der Waals surface area contributed by atoms with Gasteiger partial charge < -0.3 is 4.42 Å². The molecule has 0 fully saturated rings. The average Bonchev–Trinajstić information content (AvgIpc) is 3.12. The van der Waals surface area contributed by atoms with Crippen LogP contribution in [0.1, 0.15) is 11.4 Å². The summed E-state index contributed by atoms with van der Waals surface area (Å²) in [7, 11) is 0. The van der Waals surface area contributed by atoms with E-state index in [9.17, 15) is 0 Å². The van der Waals surface area contributed by atoms with Crippen molar-refractivity contribution in [2.75, 3.05) is 0 Å². The van der Waals surface area contributed by atoms with Gasteiger partial charge in [-0.25, -0.2) is 4.98 Å². The van der Waals surface area contributed by atoms with Crippen molar-refractivity contribution in [2.45, 2.75) is 24.2 Å². The van der Waals surface area contributed by atoms with Crippen molar-refractivity contribution in [1.82, 2.24) is 19.7 Å². The lowest BCUT2D eigenvalue weighted by Gasteiger charge is -2.09. The number of aromatic nitrogens is 4. The van der Waals surface area contributed by atoms with Crippen molar-refractivity contribution in [3.8, 4) is 5.69 Å². The molecule has 2 heterocycles. The van der Waals surface area contributed by atoms with Crippen molar-refractivity contribution in [3.63, 3.8) is 0 Å². The standard InChI is InChI=1S/C17H14N4OS/c1-11-7-3-5-9-14(11)21-12(2)19-20-16(21)23-17-18-13-8-4-6-10-15(13)22-17/h3-10H,1-2H3. The zero-order chi connectivity index (χ0) is 15.8. The molecule has 0 amide bonds. The molecule has 0 bridgehead atoms. The third-order valence-corrected chi connectivity index (χ3v) is 4.40. The van der Waals surface area contributed by atoms with Crippen molar-refractivity contribution in [2.24, 2.45) is 0 Å². The Morgan fingerprint density at radius 2 is 1.74 bits per heavy atom. The van der Waals surface area contributed by atoms with Gasteiger partial charge >= 0.3 is 0 Å². The lowest BCUT2D eigenvalue weighted by molar-refractivity contribution is 0.488. The highest BCUT2D eigenvalue weighted by Crippen LogP contribution is 2.31. The Morgan fingerprint density at radius 1 is 0.957 bits per heavy atom. The summed E-state index contributed by atoms with van der Waals surface area (Å²) in [4.78, 5) is 4.49. The third-order valence-electron chi connectivity index (χ3n) is 3.60. The minimum atomic E-state index is 0.563. The second-order valence-electron chi connectivity index (χ2n) is 5.20. The lowest BCUT2D eigenvalue weighted by Crippen LogP contribution is -2.01. The molecule has 0 aliphatic heterocycles. The van der Waals surface area contributed by atoms with Gasteiger partial charge in [0.05, 0.1) is 5.69 Å². The predicted octanol–water partition coefficient (Wildman–Crippen LogP) is 4.18. The van der Waals surface area contributed by atoms with E-state index in [0.717, 1.165) is 33.3 Å². The van der Waals surface area contributed by atoms with Crippen LogP contribution in [-0.4, -0.2) is 19.7 Å². The van der Waals surface area contributed by atoms with Crippen LogP contribution in [0.4, 0.5) is 0 Å². The molecular weight excluding hydrogens is 308 g/mol. The SMILES string of the molecule is Cc1ccccc1-n1c(C)nnc1Sc1nc2ccccc2o1. The van der Waals surface area contributed by atoms with Gasteiger partial charge in [0, 0.05) is 11.8 Å². The minimum Gasteiger partial charge on any atom is -0.431 e. The summed E-state index contributed by atoms with van der Waals surface area (Å²) in [5, 5.41) is 9.78. The van der Waals surface area contributed by atoms with Crippen molar-refractivity contribution in [1.29, 1.82) is 0 Å². The maximum Gasteiger partial charge on any atom is 0.264 e. The first kappa shape index (κ1) is 14.0. The highest BCUT2D eigenvalue weighted by atomic mass is 32.2. The van der Waals surface area contributed by atoms with Gasteiger partial charge in [0.25, 0.3) is 5.22 Å². The summed E-state index contributed by atoms with van der Waals surface area (Å²) < 4.78 is 7.80. The van der Waals surface area contributed by atoms with Crippen LogP contribution in [0.2, 0.25) is 0 Å². The van der Waals surface area contributed by atoms with Gasteiger partial charge in [-0.1, -0.05) is 30.3 Å². The molecule has 4 rings (SSSR count). The van der Waals surface area contributed by atoms with E-state index in [0.29, 0.717) is 5.22 Å². The number of hydrogen-bond acceptors (Lipinski definition) is 5. The molecule has 0 aliphatic carbocycles. The van der Waals surface area contributed by atoms with Crippen molar-refractivity contribution in [3.05, 3.63) is 59.9 Å². The van der Waals surface area contributed by atoms with Crippen molar-refractivity contribution >= 4 is 22.9 Å². The predicted molar refractivity (Wildman–Crippen MR) is 89.0 cm³/mol. The fourth-order valence-corrected chi connectivity index (χ4v) is 3.31. The second-order valence-corrected chi connectivity index (χ2v) is 6.12. The Morgan fingerprint density at radius 3 is 2.57 bits per heavy atom. The van der Waals surface area contributed by atoms with Gasteiger partial charge in [-0.3, -0.25) is 4.57 Å². The molecule has 2 aromatic heterocycles. The summed E-state index contributed by atoms with van der Waals surface area (Å²) >= 11 is 1.38. The van der Waals surface area contributed by atoms with Gasteiger partial charge in [0.1, 0.15) is 11.3 Å². The zero-order valence-corrected chi connectivity index (χ0v) is 13.5. The lowest BCUT2D eigenvalue weighted by atomic mass is 10.2. The number of nitrogens with zero attached hydrogens (tertiary/aromatic N) is 4. The number of benzene rings is 2. The number of para-hydroxylation sites is 3. The molecule has 0 radical (unpaired) electrons. The Bertz CT molecular complexity index is 956. The number of hydrogen-bond donors (Lipinski definition) is 0. The van der Waals surface area contributed by atoms with Crippen LogP contribution in [-0.2, 0) is 0 Å². The highest BCUT2D eigenvalue weighted by Gasteiger charge is 2.16. The van der Waals surface area contributed by atoms with Crippen LogP contribution in [0.15, 0.2) is 63.3 Å². The molecule has 0 atom stereocenters. The van der Waals surface area contributed by atoms with E-state index in [1.165, 1.54) is 11.8 Å². The molecule has 2 aromatic carbocycles. The quantitative estimate of drug-likeness (QED) is 0.566. The Balaban J connectivity index is 1.77. The maximum atomic E-state index is 5.77. The van der Waals surface area contributed by atoms with Gasteiger partial charge in [0.15, 0.2) is 5.58 Å². The number of rotatable bonds is 3. The largest absolute Gasteiger partial charge is 0.431 e. The Labute approximate surface area is 137 Å². The average molecular weight is 322 g/mol. The maximum absolute atomic E-state index is 5.77. The van der Waals surface area contributed by atoms with E-state index >= 15 is 0 Å². The summed E-state index contributed by atoms with van der Waals surface area (Å²) in [5.74, 6) is 0.831. The molecular formula is C17H14N4OS. The molecule has 0 unspecified atom stereocenters. The summed E-state index contributed by atoms with van der Waals surface area (Å²) in [5.41, 5.74) is 3.84. The summed E-state index contributed by atoms with van der Waals surface area (Å²) in [6.07, 6.45) is 0. The fraction of sp³-hybridized carbons (Fsp3) is 0.118. The van der Waals surface area contributed by atoms with Crippen LogP contribution in [0.3, 0.4) is 0 Å². The first-order valence-electron chi connectivity index (χ1n) is 7.24. The van der Waals surface area contributed by atoms with E-state index in [2.05, 4.69) is 34.2 Å². The first-order valence-corrected chi connectivity index (χ1v) is 8.05. The zero-order valence-electron chi connectivity index (χ0n) is 12.7. The van der Waals surface area contributed by atoms with E-state index in [-0.39, 0.29) is 0 Å². The molecule has 23 heavy (non-hydrogen) atoms. The molecule has 0 N–H and O–H groups in total. The minimum absolute atomic E-state index is 0.563. The molecule has 6 heteroatoms. The van der Waals surface area contributed by atoms with Gasteiger partial charge in [-0.05, 0) is 37.6 Å². The van der Waals surface area contributed by atoms with Crippen LogP contribution < -0.4 is 0 Å². The molecule has 4 aromatic rings. The summed E-state index contributed by atoms with van der Waals surface area (Å²) in [6.45, 7) is 4.01. The number of fused-ring (bicyclic) bond motifs is 1. The van der Waals surface area contributed by atoms with Crippen LogP contribution in [0.25, 0.3) is 16.8 Å². The van der Waals surface area contributed by atoms with Crippen molar-refractivity contribution < 1.29 is 4.42 Å².